The van der Waals surface area contributed by atoms with E-state index in [2.05, 4.69) is 20.9 Å². The van der Waals surface area contributed by atoms with E-state index in [9.17, 15) is 14.7 Å². The maximum atomic E-state index is 13.2. The van der Waals surface area contributed by atoms with Gasteiger partial charge in [0.1, 0.15) is 17.1 Å². The smallest absolute Gasteiger partial charge is 0.296 e. The third-order valence-corrected chi connectivity index (χ3v) is 6.47. The number of hydrogen-bond acceptors (Lipinski definition) is 5. The third kappa shape index (κ3) is 3.47. The first-order valence-electron chi connectivity index (χ1n) is 10.4. The van der Waals surface area contributed by atoms with E-state index in [4.69, 9.17) is 4.42 Å². The number of benzene rings is 1. The predicted octanol–water partition coefficient (Wildman–Crippen LogP) is 4.93. The SMILES string of the molecule is Cc1cccn2c(C)c(C(O)=C3C(=O)C(=O)N(Cc4ccco4)C3c3ccc(Br)cc3)nc12. The number of aryl methyl sites for hydroxylation is 2. The number of aliphatic hydroxyl groups excluding tert-OH is 1. The van der Waals surface area contributed by atoms with Crippen LogP contribution in [0.4, 0.5) is 0 Å². The fourth-order valence-corrected chi connectivity index (χ4v) is 4.54. The summed E-state index contributed by atoms with van der Waals surface area (Å²) >= 11 is 3.42. The van der Waals surface area contributed by atoms with Gasteiger partial charge in [0.15, 0.2) is 5.76 Å². The first-order chi connectivity index (χ1) is 15.9. The van der Waals surface area contributed by atoms with Crippen LogP contribution in [0.3, 0.4) is 0 Å². The molecule has 5 rings (SSSR count). The lowest BCUT2D eigenvalue weighted by atomic mass is 9.96. The summed E-state index contributed by atoms with van der Waals surface area (Å²) in [5.74, 6) is -1.19. The molecule has 33 heavy (non-hydrogen) atoms. The largest absolute Gasteiger partial charge is 0.505 e. The van der Waals surface area contributed by atoms with Crippen LogP contribution in [0.2, 0.25) is 0 Å². The zero-order valence-electron chi connectivity index (χ0n) is 17.9. The lowest BCUT2D eigenvalue weighted by Crippen LogP contribution is -2.29. The predicted molar refractivity (Wildman–Crippen MR) is 125 cm³/mol. The molecule has 1 atom stereocenters. The second-order valence-corrected chi connectivity index (χ2v) is 8.90. The van der Waals surface area contributed by atoms with Gasteiger partial charge in [-0.3, -0.25) is 9.59 Å². The van der Waals surface area contributed by atoms with E-state index >= 15 is 0 Å². The minimum atomic E-state index is -0.784. The first kappa shape index (κ1) is 21.2. The molecule has 0 bridgehead atoms. The van der Waals surface area contributed by atoms with Crippen molar-refractivity contribution in [1.82, 2.24) is 14.3 Å². The quantitative estimate of drug-likeness (QED) is 0.241. The molecule has 4 aromatic rings. The Morgan fingerprint density at radius 2 is 1.88 bits per heavy atom. The molecule has 0 saturated carbocycles. The number of nitrogens with zero attached hydrogens (tertiary/aromatic N) is 3. The Morgan fingerprint density at radius 3 is 2.55 bits per heavy atom. The number of likely N-dealkylation sites (tertiary alicyclic amines) is 1. The van der Waals surface area contributed by atoms with E-state index in [1.165, 1.54) is 11.2 Å². The van der Waals surface area contributed by atoms with Gasteiger partial charge < -0.3 is 18.8 Å². The van der Waals surface area contributed by atoms with Gasteiger partial charge in [0.2, 0.25) is 0 Å². The minimum Gasteiger partial charge on any atom is -0.505 e. The molecule has 1 unspecified atom stereocenters. The van der Waals surface area contributed by atoms with Crippen molar-refractivity contribution < 1.29 is 19.1 Å². The maximum absolute atomic E-state index is 13.2. The molecule has 166 valence electrons. The van der Waals surface area contributed by atoms with Crippen molar-refractivity contribution in [3.05, 3.63) is 99.3 Å². The molecule has 1 aromatic carbocycles. The molecule has 1 aliphatic heterocycles. The maximum Gasteiger partial charge on any atom is 0.296 e. The summed E-state index contributed by atoms with van der Waals surface area (Å²) in [4.78, 5) is 32.3. The molecule has 1 N–H and O–H groups in total. The van der Waals surface area contributed by atoms with E-state index in [1.54, 1.807) is 12.1 Å². The van der Waals surface area contributed by atoms with Gasteiger partial charge in [0.25, 0.3) is 11.7 Å². The Balaban J connectivity index is 1.71. The number of halogens is 1. The molecule has 0 spiro atoms. The van der Waals surface area contributed by atoms with Crippen molar-refractivity contribution in [2.75, 3.05) is 0 Å². The number of aliphatic hydroxyl groups is 1. The number of rotatable bonds is 4. The highest BCUT2D eigenvalue weighted by atomic mass is 79.9. The molecule has 0 radical (unpaired) electrons. The highest BCUT2D eigenvalue weighted by Crippen LogP contribution is 2.41. The van der Waals surface area contributed by atoms with Crippen LogP contribution < -0.4 is 0 Å². The van der Waals surface area contributed by atoms with Gasteiger partial charge in [-0.25, -0.2) is 4.98 Å². The van der Waals surface area contributed by atoms with Crippen LogP contribution in [0, 0.1) is 13.8 Å². The van der Waals surface area contributed by atoms with Crippen molar-refractivity contribution in [2.45, 2.75) is 26.4 Å². The van der Waals surface area contributed by atoms with Crippen molar-refractivity contribution in [3.8, 4) is 0 Å². The summed E-state index contributed by atoms with van der Waals surface area (Å²) < 4.78 is 8.15. The summed E-state index contributed by atoms with van der Waals surface area (Å²) in [6, 6.07) is 13.8. The van der Waals surface area contributed by atoms with Crippen LogP contribution in [0.5, 0.6) is 0 Å². The molecular weight excluding hydrogens is 486 g/mol. The Kier molecular flexibility index (Phi) is 5.17. The molecule has 8 heteroatoms. The zero-order chi connectivity index (χ0) is 23.3. The fraction of sp³-hybridized carbons (Fsp3) is 0.160. The van der Waals surface area contributed by atoms with Crippen LogP contribution in [0.25, 0.3) is 11.4 Å². The standard InChI is InChI=1S/C25H20BrN3O4/c1-14-5-3-11-28-15(2)20(27-24(14)28)22(30)19-21(16-7-9-17(26)10-8-16)29(25(32)23(19)31)13-18-6-4-12-33-18/h3-12,21,30H,13H2,1-2H3. The van der Waals surface area contributed by atoms with Gasteiger partial charge in [-0.1, -0.05) is 34.1 Å². The molecule has 1 amide bonds. The third-order valence-electron chi connectivity index (χ3n) is 5.94. The molecule has 1 saturated heterocycles. The number of furan rings is 1. The highest BCUT2D eigenvalue weighted by molar-refractivity contribution is 9.10. The number of amides is 1. The summed E-state index contributed by atoms with van der Waals surface area (Å²) in [5.41, 5.74) is 3.28. The molecule has 4 heterocycles. The number of fused-ring (bicyclic) bond motifs is 1. The minimum absolute atomic E-state index is 0.0121. The summed E-state index contributed by atoms with van der Waals surface area (Å²) in [6.45, 7) is 3.84. The number of Topliss-reactive ketones (excluding diaryl/α,β-unsaturated/α-hetero) is 1. The summed E-state index contributed by atoms with van der Waals surface area (Å²) in [7, 11) is 0. The van der Waals surface area contributed by atoms with Gasteiger partial charge >= 0.3 is 0 Å². The zero-order valence-corrected chi connectivity index (χ0v) is 19.5. The highest BCUT2D eigenvalue weighted by Gasteiger charge is 2.46. The Bertz CT molecular complexity index is 1420. The number of ketones is 1. The molecule has 7 nitrogen and oxygen atoms in total. The molecule has 1 aliphatic rings. The second kappa shape index (κ2) is 8.04. The lowest BCUT2D eigenvalue weighted by Gasteiger charge is -2.24. The summed E-state index contributed by atoms with van der Waals surface area (Å²) in [6.07, 6.45) is 3.37. The van der Waals surface area contributed by atoms with Crippen molar-refractivity contribution in [3.63, 3.8) is 0 Å². The van der Waals surface area contributed by atoms with E-state index < -0.39 is 17.7 Å². The normalized spacial score (nSPS) is 17.9. The van der Waals surface area contributed by atoms with Gasteiger partial charge in [-0.05, 0) is 55.3 Å². The van der Waals surface area contributed by atoms with Crippen LogP contribution >= 0.6 is 15.9 Å². The van der Waals surface area contributed by atoms with Crippen LogP contribution in [-0.2, 0) is 16.1 Å². The number of imidazole rings is 1. The monoisotopic (exact) mass is 505 g/mol. The molecule has 1 fully saturated rings. The number of carbonyl (C=O) groups excluding carboxylic acids is 2. The second-order valence-electron chi connectivity index (χ2n) is 7.99. The van der Waals surface area contributed by atoms with Gasteiger partial charge in [-0.2, -0.15) is 0 Å². The Hall–Kier alpha value is -3.65. The molecular formula is C25H20BrN3O4. The van der Waals surface area contributed by atoms with Crippen molar-refractivity contribution in [1.29, 1.82) is 0 Å². The van der Waals surface area contributed by atoms with Gasteiger partial charge in [0, 0.05) is 10.7 Å². The number of aromatic nitrogens is 2. The van der Waals surface area contributed by atoms with Crippen LogP contribution in [0.15, 0.2) is 75.5 Å². The number of hydrogen-bond donors (Lipinski definition) is 1. The lowest BCUT2D eigenvalue weighted by molar-refractivity contribution is -0.140. The van der Waals surface area contributed by atoms with Crippen LogP contribution in [-0.4, -0.2) is 31.1 Å². The van der Waals surface area contributed by atoms with E-state index in [0.29, 0.717) is 22.7 Å². The van der Waals surface area contributed by atoms with E-state index in [-0.39, 0.29) is 23.6 Å². The van der Waals surface area contributed by atoms with E-state index in [1.807, 2.05) is 60.8 Å². The average molecular weight is 506 g/mol. The van der Waals surface area contributed by atoms with Crippen molar-refractivity contribution in [2.24, 2.45) is 0 Å². The Labute approximate surface area is 198 Å². The summed E-state index contributed by atoms with van der Waals surface area (Å²) in [5, 5.41) is 11.4. The topological polar surface area (TPSA) is 88.0 Å². The van der Waals surface area contributed by atoms with E-state index in [0.717, 1.165) is 10.0 Å². The molecule has 0 aliphatic carbocycles. The Morgan fingerprint density at radius 1 is 1.12 bits per heavy atom. The first-order valence-corrected chi connectivity index (χ1v) is 11.2. The number of carbonyl (C=O) groups is 2. The van der Waals surface area contributed by atoms with Crippen molar-refractivity contribution >= 4 is 39.0 Å². The number of pyridine rings is 1. The average Bonchev–Trinajstić information content (AvgIpc) is 3.49. The fourth-order valence-electron chi connectivity index (χ4n) is 4.28. The van der Waals surface area contributed by atoms with Gasteiger partial charge in [0.05, 0.1) is 30.1 Å². The van der Waals surface area contributed by atoms with Crippen LogP contribution in [0.1, 0.15) is 34.3 Å². The molecule has 3 aromatic heterocycles. The van der Waals surface area contributed by atoms with Gasteiger partial charge in [-0.15, -0.1) is 0 Å².